The van der Waals surface area contributed by atoms with Crippen LogP contribution in [-0.4, -0.2) is 34.9 Å². The summed E-state index contributed by atoms with van der Waals surface area (Å²) in [7, 11) is 3.09. The number of aromatic nitrogens is 3. The summed E-state index contributed by atoms with van der Waals surface area (Å²) in [5.74, 6) is 2.10. The van der Waals surface area contributed by atoms with Crippen LogP contribution in [0.3, 0.4) is 0 Å². The summed E-state index contributed by atoms with van der Waals surface area (Å²) < 4.78 is 12.6. The third-order valence-corrected chi connectivity index (χ3v) is 6.86. The standard InChI is InChI=1S/C27H27ClN4O3S/c1-17-10-11-21(28)14-24(17)32-25(30-31-27(32)36-16-19-8-6-5-7-9-19)18(2)29-26(33)20-12-22(34-3)15-23(13-20)35-4/h5-15,18H,16H2,1-4H3,(H,29,33). The molecule has 1 aromatic heterocycles. The smallest absolute Gasteiger partial charge is 0.252 e. The maximum atomic E-state index is 13.1. The van der Waals surface area contributed by atoms with Gasteiger partial charge in [0.15, 0.2) is 11.0 Å². The number of benzene rings is 3. The fourth-order valence-electron chi connectivity index (χ4n) is 3.71. The molecule has 0 fully saturated rings. The van der Waals surface area contributed by atoms with E-state index < -0.39 is 6.04 Å². The number of hydrogen-bond donors (Lipinski definition) is 1. The fraction of sp³-hybridized carbons (Fsp3) is 0.222. The van der Waals surface area contributed by atoms with Crippen molar-refractivity contribution in [3.63, 3.8) is 0 Å². The summed E-state index contributed by atoms with van der Waals surface area (Å²) in [6.45, 7) is 3.88. The van der Waals surface area contributed by atoms with Crippen LogP contribution in [0.5, 0.6) is 11.5 Å². The first kappa shape index (κ1) is 25.6. The maximum Gasteiger partial charge on any atom is 0.252 e. The number of methoxy groups -OCH3 is 2. The SMILES string of the molecule is COc1cc(OC)cc(C(=O)NC(C)c2nnc(SCc3ccccc3)n2-c2cc(Cl)ccc2C)c1. The minimum absolute atomic E-state index is 0.282. The van der Waals surface area contributed by atoms with E-state index in [9.17, 15) is 4.79 Å². The molecule has 0 bridgehead atoms. The molecular formula is C27H27ClN4O3S. The second kappa shape index (κ2) is 11.5. The molecule has 1 amide bonds. The van der Waals surface area contributed by atoms with Gasteiger partial charge in [-0.25, -0.2) is 0 Å². The van der Waals surface area contributed by atoms with Crippen LogP contribution >= 0.6 is 23.4 Å². The van der Waals surface area contributed by atoms with Gasteiger partial charge >= 0.3 is 0 Å². The van der Waals surface area contributed by atoms with Crippen LogP contribution in [0, 0.1) is 6.92 Å². The zero-order valence-corrected chi connectivity index (χ0v) is 22.1. The molecule has 0 aliphatic carbocycles. The molecule has 0 aliphatic rings. The van der Waals surface area contributed by atoms with Crippen LogP contribution in [0.4, 0.5) is 0 Å². The first-order valence-corrected chi connectivity index (χ1v) is 12.7. The number of carbonyl (C=O) groups excluding carboxylic acids is 1. The van der Waals surface area contributed by atoms with E-state index in [1.165, 1.54) is 5.56 Å². The Bertz CT molecular complexity index is 1340. The van der Waals surface area contributed by atoms with E-state index in [-0.39, 0.29) is 5.91 Å². The Balaban J connectivity index is 1.67. The molecule has 1 atom stereocenters. The molecule has 0 saturated heterocycles. The van der Waals surface area contributed by atoms with Crippen molar-refractivity contribution in [2.24, 2.45) is 0 Å². The van der Waals surface area contributed by atoms with E-state index in [0.29, 0.717) is 33.1 Å². The van der Waals surface area contributed by atoms with E-state index in [0.717, 1.165) is 17.0 Å². The predicted molar refractivity (Wildman–Crippen MR) is 143 cm³/mol. The first-order valence-electron chi connectivity index (χ1n) is 11.3. The molecule has 0 radical (unpaired) electrons. The fourth-order valence-corrected chi connectivity index (χ4v) is 4.78. The van der Waals surface area contributed by atoms with Crippen LogP contribution in [0.15, 0.2) is 71.9 Å². The van der Waals surface area contributed by atoms with Gasteiger partial charge < -0.3 is 14.8 Å². The predicted octanol–water partition coefficient (Wildman–Crippen LogP) is 6.03. The van der Waals surface area contributed by atoms with E-state index in [2.05, 4.69) is 27.6 Å². The van der Waals surface area contributed by atoms with Gasteiger partial charge in [-0.1, -0.05) is 59.8 Å². The Morgan fingerprint density at radius 3 is 2.39 bits per heavy atom. The number of nitrogens with zero attached hydrogens (tertiary/aromatic N) is 3. The molecule has 1 heterocycles. The Hall–Kier alpha value is -3.49. The van der Waals surface area contributed by atoms with Crippen molar-refractivity contribution in [3.8, 4) is 17.2 Å². The van der Waals surface area contributed by atoms with Gasteiger partial charge in [-0.3, -0.25) is 9.36 Å². The maximum absolute atomic E-state index is 13.1. The summed E-state index contributed by atoms with van der Waals surface area (Å²) in [5.41, 5.74) is 3.47. The van der Waals surface area contributed by atoms with E-state index >= 15 is 0 Å². The zero-order chi connectivity index (χ0) is 25.7. The Morgan fingerprint density at radius 1 is 1.03 bits per heavy atom. The third-order valence-electron chi connectivity index (χ3n) is 5.63. The third kappa shape index (κ3) is 5.83. The van der Waals surface area contributed by atoms with Crippen LogP contribution in [0.2, 0.25) is 5.02 Å². The van der Waals surface area contributed by atoms with Gasteiger partial charge in [-0.05, 0) is 49.2 Å². The lowest BCUT2D eigenvalue weighted by Crippen LogP contribution is -2.28. The number of amides is 1. The average molecular weight is 523 g/mol. The monoisotopic (exact) mass is 522 g/mol. The number of rotatable bonds is 9. The van der Waals surface area contributed by atoms with E-state index in [1.54, 1.807) is 44.2 Å². The van der Waals surface area contributed by atoms with Crippen molar-refractivity contribution < 1.29 is 14.3 Å². The number of hydrogen-bond acceptors (Lipinski definition) is 6. The van der Waals surface area contributed by atoms with Crippen molar-refractivity contribution in [3.05, 3.63) is 94.3 Å². The van der Waals surface area contributed by atoms with Gasteiger partial charge in [0, 0.05) is 22.4 Å². The van der Waals surface area contributed by atoms with Gasteiger partial charge in [-0.15, -0.1) is 10.2 Å². The molecule has 0 spiro atoms. The summed E-state index contributed by atoms with van der Waals surface area (Å²) in [6, 6.07) is 20.5. The van der Waals surface area contributed by atoms with Crippen LogP contribution < -0.4 is 14.8 Å². The molecule has 1 N–H and O–H groups in total. The van der Waals surface area contributed by atoms with E-state index in [1.807, 2.05) is 54.8 Å². The highest BCUT2D eigenvalue weighted by atomic mass is 35.5. The number of carbonyl (C=O) groups is 1. The Morgan fingerprint density at radius 2 is 1.72 bits per heavy atom. The second-order valence-corrected chi connectivity index (χ2v) is 9.56. The van der Waals surface area contributed by atoms with Crippen molar-refractivity contribution >= 4 is 29.3 Å². The first-order chi connectivity index (χ1) is 17.4. The van der Waals surface area contributed by atoms with Crippen molar-refractivity contribution in [2.45, 2.75) is 30.8 Å². The Kier molecular flexibility index (Phi) is 8.18. The van der Waals surface area contributed by atoms with Gasteiger partial charge in [0.1, 0.15) is 11.5 Å². The van der Waals surface area contributed by atoms with Crippen LogP contribution in [0.25, 0.3) is 5.69 Å². The number of thioether (sulfide) groups is 1. The highest BCUT2D eigenvalue weighted by Crippen LogP contribution is 2.31. The molecular weight excluding hydrogens is 496 g/mol. The topological polar surface area (TPSA) is 78.3 Å². The van der Waals surface area contributed by atoms with Gasteiger partial charge in [-0.2, -0.15) is 0 Å². The minimum atomic E-state index is -0.452. The molecule has 7 nitrogen and oxygen atoms in total. The highest BCUT2D eigenvalue weighted by Gasteiger charge is 2.23. The number of nitrogens with one attached hydrogen (secondary N) is 1. The normalized spacial score (nSPS) is 11.7. The van der Waals surface area contributed by atoms with Gasteiger partial charge in [0.2, 0.25) is 0 Å². The lowest BCUT2D eigenvalue weighted by atomic mass is 10.1. The molecule has 186 valence electrons. The molecule has 4 aromatic rings. The molecule has 0 aliphatic heterocycles. The summed E-state index contributed by atoms with van der Waals surface area (Å²) in [6.07, 6.45) is 0. The van der Waals surface area contributed by atoms with Crippen LogP contribution in [0.1, 0.15) is 40.3 Å². The Labute approximate surface area is 219 Å². The lowest BCUT2D eigenvalue weighted by Gasteiger charge is -2.18. The quantitative estimate of drug-likeness (QED) is 0.270. The number of ether oxygens (including phenoxy) is 2. The van der Waals surface area contributed by atoms with E-state index in [4.69, 9.17) is 21.1 Å². The summed E-state index contributed by atoms with van der Waals surface area (Å²) >= 11 is 7.93. The molecule has 1 unspecified atom stereocenters. The molecule has 36 heavy (non-hydrogen) atoms. The van der Waals surface area contributed by atoms with Gasteiger partial charge in [0.05, 0.1) is 25.9 Å². The number of halogens is 1. The van der Waals surface area contributed by atoms with Crippen molar-refractivity contribution in [2.75, 3.05) is 14.2 Å². The minimum Gasteiger partial charge on any atom is -0.497 e. The zero-order valence-electron chi connectivity index (χ0n) is 20.5. The average Bonchev–Trinajstić information content (AvgIpc) is 3.33. The number of aryl methyl sites for hydroxylation is 1. The summed E-state index contributed by atoms with van der Waals surface area (Å²) in [5, 5.41) is 13.3. The molecule has 9 heteroatoms. The van der Waals surface area contributed by atoms with Crippen molar-refractivity contribution in [1.82, 2.24) is 20.1 Å². The molecule has 0 saturated carbocycles. The lowest BCUT2D eigenvalue weighted by molar-refractivity contribution is 0.0937. The van der Waals surface area contributed by atoms with Crippen molar-refractivity contribution in [1.29, 1.82) is 0 Å². The summed E-state index contributed by atoms with van der Waals surface area (Å²) in [4.78, 5) is 13.1. The second-order valence-electron chi connectivity index (χ2n) is 8.18. The molecule has 4 rings (SSSR count). The molecule has 3 aromatic carbocycles. The van der Waals surface area contributed by atoms with Gasteiger partial charge in [0.25, 0.3) is 5.91 Å². The largest absolute Gasteiger partial charge is 0.497 e. The van der Waals surface area contributed by atoms with Crippen LogP contribution in [-0.2, 0) is 5.75 Å². The highest BCUT2D eigenvalue weighted by molar-refractivity contribution is 7.98.